The molecule has 22 heavy (non-hydrogen) atoms. The van der Waals surface area contributed by atoms with E-state index >= 15 is 0 Å². The molecule has 0 amide bonds. The predicted molar refractivity (Wildman–Crippen MR) is 95.3 cm³/mol. The molecule has 1 saturated heterocycles. The van der Waals surface area contributed by atoms with Gasteiger partial charge in [-0.3, -0.25) is 0 Å². The van der Waals surface area contributed by atoms with Crippen LogP contribution in [-0.2, 0) is 10.8 Å². The van der Waals surface area contributed by atoms with Crippen LogP contribution in [0.4, 0.5) is 0 Å². The van der Waals surface area contributed by atoms with Gasteiger partial charge in [-0.15, -0.1) is 0 Å². The summed E-state index contributed by atoms with van der Waals surface area (Å²) in [7, 11) is 0. The lowest BCUT2D eigenvalue weighted by Gasteiger charge is -2.32. The Morgan fingerprint density at radius 3 is 2.00 bits per heavy atom. The Balaban J connectivity index is 2.57. The number of rotatable bonds is 2. The highest BCUT2D eigenvalue weighted by molar-refractivity contribution is 5.71. The van der Waals surface area contributed by atoms with E-state index in [1.165, 1.54) is 18.4 Å². The molecule has 122 valence electrons. The zero-order valence-corrected chi connectivity index (χ0v) is 15.1. The van der Waals surface area contributed by atoms with Gasteiger partial charge in [0.1, 0.15) is 5.75 Å². The number of aromatic hydroxyl groups is 1. The first kappa shape index (κ1) is 16.9. The monoisotopic (exact) mass is 301 g/mol. The first-order chi connectivity index (χ1) is 10.0. The van der Waals surface area contributed by atoms with Crippen LogP contribution in [0.25, 0.3) is 5.70 Å². The van der Waals surface area contributed by atoms with E-state index < -0.39 is 0 Å². The number of nitrogens with zero attached hydrogens (tertiary/aromatic N) is 1. The molecule has 1 aromatic carbocycles. The average Bonchev–Trinajstić information content (AvgIpc) is 2.88. The number of likely N-dealkylation sites (tertiary alicyclic amines) is 1. The Bertz CT molecular complexity index is 567. The molecule has 0 radical (unpaired) electrons. The minimum atomic E-state index is -0.103. The molecule has 1 heterocycles. The van der Waals surface area contributed by atoms with Crippen molar-refractivity contribution in [1.82, 2.24) is 4.90 Å². The fourth-order valence-electron chi connectivity index (χ4n) is 3.37. The Morgan fingerprint density at radius 2 is 1.55 bits per heavy atom. The summed E-state index contributed by atoms with van der Waals surface area (Å²) in [5, 5.41) is 11.0. The van der Waals surface area contributed by atoms with E-state index in [1.807, 2.05) is 6.07 Å². The molecule has 0 spiro atoms. The molecule has 1 aliphatic heterocycles. The third kappa shape index (κ3) is 3.16. The molecule has 0 saturated carbocycles. The minimum absolute atomic E-state index is 0.00754. The van der Waals surface area contributed by atoms with Crippen LogP contribution in [-0.4, -0.2) is 23.1 Å². The molecule has 0 aromatic heterocycles. The Labute approximate surface area is 135 Å². The lowest BCUT2D eigenvalue weighted by atomic mass is 9.74. The third-order valence-corrected chi connectivity index (χ3v) is 4.53. The van der Waals surface area contributed by atoms with Crippen LogP contribution in [0.2, 0.25) is 0 Å². The zero-order valence-electron chi connectivity index (χ0n) is 15.1. The molecule has 1 aliphatic rings. The maximum absolute atomic E-state index is 11.0. The van der Waals surface area contributed by atoms with E-state index in [9.17, 15) is 5.11 Å². The molecule has 1 N–H and O–H groups in total. The minimum Gasteiger partial charge on any atom is -0.507 e. The number of phenolic OH excluding ortho intramolecular Hbond substituents is 1. The van der Waals surface area contributed by atoms with Crippen LogP contribution < -0.4 is 0 Å². The zero-order chi connectivity index (χ0) is 16.7. The first-order valence-electron chi connectivity index (χ1n) is 8.34. The largest absolute Gasteiger partial charge is 0.507 e. The lowest BCUT2D eigenvalue weighted by Crippen LogP contribution is -2.23. The molecule has 0 unspecified atom stereocenters. The fraction of sp³-hybridized carbons (Fsp3) is 0.600. The first-order valence-corrected chi connectivity index (χ1v) is 8.34. The predicted octanol–water partition coefficient (Wildman–Crippen LogP) is 5.05. The SMILES string of the molecule is C=C(c1ccc(C(C)(C)C)c(C(C)(C)C)c1O)N1CCCC1. The van der Waals surface area contributed by atoms with Gasteiger partial charge in [-0.1, -0.05) is 54.2 Å². The normalized spacial score (nSPS) is 16.2. The second-order valence-electron chi connectivity index (χ2n) is 8.53. The van der Waals surface area contributed by atoms with Crippen LogP contribution >= 0.6 is 0 Å². The van der Waals surface area contributed by atoms with Crippen molar-refractivity contribution < 1.29 is 5.11 Å². The number of phenols is 1. The summed E-state index contributed by atoms with van der Waals surface area (Å²) in [5.74, 6) is 0.414. The van der Waals surface area contributed by atoms with Crippen LogP contribution in [0.1, 0.15) is 71.1 Å². The summed E-state index contributed by atoms with van der Waals surface area (Å²) in [5.41, 5.74) is 4.02. The second-order valence-corrected chi connectivity index (χ2v) is 8.53. The number of hydrogen-bond donors (Lipinski definition) is 1. The Kier molecular flexibility index (Phi) is 4.34. The van der Waals surface area contributed by atoms with Gasteiger partial charge in [0.05, 0.1) is 0 Å². The van der Waals surface area contributed by atoms with E-state index in [1.54, 1.807) is 0 Å². The maximum Gasteiger partial charge on any atom is 0.128 e. The van der Waals surface area contributed by atoms with Gasteiger partial charge >= 0.3 is 0 Å². The summed E-state index contributed by atoms with van der Waals surface area (Å²) in [6.45, 7) is 19.4. The highest BCUT2D eigenvalue weighted by Crippen LogP contribution is 2.43. The van der Waals surface area contributed by atoms with Gasteiger partial charge in [0, 0.05) is 29.9 Å². The van der Waals surface area contributed by atoms with Gasteiger partial charge in [0.15, 0.2) is 0 Å². The van der Waals surface area contributed by atoms with Crippen molar-refractivity contribution in [3.63, 3.8) is 0 Å². The van der Waals surface area contributed by atoms with Gasteiger partial charge in [-0.05, 0) is 35.3 Å². The van der Waals surface area contributed by atoms with Crippen LogP contribution in [0, 0.1) is 0 Å². The highest BCUT2D eigenvalue weighted by atomic mass is 16.3. The molecule has 2 heteroatoms. The topological polar surface area (TPSA) is 23.5 Å². The summed E-state index contributed by atoms with van der Waals surface area (Å²) in [4.78, 5) is 2.29. The van der Waals surface area contributed by atoms with E-state index in [-0.39, 0.29) is 10.8 Å². The molecular formula is C20H31NO. The van der Waals surface area contributed by atoms with Crippen molar-refractivity contribution in [2.75, 3.05) is 13.1 Å². The summed E-state index contributed by atoms with van der Waals surface area (Å²) in [6.07, 6.45) is 2.43. The third-order valence-electron chi connectivity index (χ3n) is 4.53. The average molecular weight is 301 g/mol. The van der Waals surface area contributed by atoms with Crippen LogP contribution in [0.15, 0.2) is 18.7 Å². The van der Waals surface area contributed by atoms with E-state index in [0.29, 0.717) is 5.75 Å². The summed E-state index contributed by atoms with van der Waals surface area (Å²) >= 11 is 0. The van der Waals surface area contributed by atoms with E-state index in [4.69, 9.17) is 0 Å². The number of benzene rings is 1. The Morgan fingerprint density at radius 1 is 1.00 bits per heavy atom. The summed E-state index contributed by atoms with van der Waals surface area (Å²) in [6, 6.07) is 4.22. The molecule has 1 fully saturated rings. The van der Waals surface area contributed by atoms with Crippen molar-refractivity contribution in [3.8, 4) is 5.75 Å². The van der Waals surface area contributed by atoms with Crippen molar-refractivity contribution >= 4 is 5.70 Å². The van der Waals surface area contributed by atoms with Crippen LogP contribution in [0.5, 0.6) is 5.75 Å². The van der Waals surface area contributed by atoms with E-state index in [0.717, 1.165) is 29.9 Å². The molecule has 2 nitrogen and oxygen atoms in total. The fourth-order valence-corrected chi connectivity index (χ4v) is 3.37. The van der Waals surface area contributed by atoms with Gasteiger partial charge in [-0.25, -0.2) is 0 Å². The molecule has 2 rings (SSSR count). The van der Waals surface area contributed by atoms with Gasteiger partial charge < -0.3 is 10.0 Å². The van der Waals surface area contributed by atoms with Crippen molar-refractivity contribution in [1.29, 1.82) is 0 Å². The molecule has 0 aliphatic carbocycles. The van der Waals surface area contributed by atoms with Crippen molar-refractivity contribution in [2.24, 2.45) is 0 Å². The Hall–Kier alpha value is -1.44. The quantitative estimate of drug-likeness (QED) is 0.826. The van der Waals surface area contributed by atoms with E-state index in [2.05, 4.69) is 59.1 Å². The van der Waals surface area contributed by atoms with Gasteiger partial charge in [0.25, 0.3) is 0 Å². The van der Waals surface area contributed by atoms with Crippen molar-refractivity contribution in [2.45, 2.75) is 65.2 Å². The second kappa shape index (κ2) is 5.64. The van der Waals surface area contributed by atoms with Gasteiger partial charge in [-0.2, -0.15) is 0 Å². The highest BCUT2D eigenvalue weighted by Gasteiger charge is 2.30. The molecule has 1 aromatic rings. The molecular weight excluding hydrogens is 270 g/mol. The lowest BCUT2D eigenvalue weighted by molar-refractivity contribution is 0.428. The molecule has 0 atom stereocenters. The smallest absolute Gasteiger partial charge is 0.128 e. The standard InChI is InChI=1S/C20H31NO/c1-14(21-12-8-9-13-21)15-10-11-16(19(2,3)4)17(18(15)22)20(5,6)7/h10-11,22H,1,8-9,12-13H2,2-7H3. The van der Waals surface area contributed by atoms with Gasteiger partial charge in [0.2, 0.25) is 0 Å². The maximum atomic E-state index is 11.0. The van der Waals surface area contributed by atoms with Crippen molar-refractivity contribution in [3.05, 3.63) is 35.4 Å². The number of hydrogen-bond acceptors (Lipinski definition) is 2. The molecule has 0 bridgehead atoms. The summed E-state index contributed by atoms with van der Waals surface area (Å²) < 4.78 is 0. The van der Waals surface area contributed by atoms with Crippen LogP contribution in [0.3, 0.4) is 0 Å².